The molecule has 0 heterocycles. The van der Waals surface area contributed by atoms with Crippen molar-refractivity contribution < 1.29 is 13.5 Å². The summed E-state index contributed by atoms with van der Waals surface area (Å²) in [6.07, 6.45) is 3.19. The van der Waals surface area contributed by atoms with Crippen LogP contribution < -0.4 is 9.86 Å². The van der Waals surface area contributed by atoms with Gasteiger partial charge in [0, 0.05) is 6.54 Å². The van der Waals surface area contributed by atoms with Gasteiger partial charge in [-0.05, 0) is 12.8 Å². The summed E-state index contributed by atoms with van der Waals surface area (Å²) >= 11 is 0. The Hall–Kier alpha value is -0.170. The standard InChI is InChI=1S/C6H14N2O3S/c7-12(10,11)8-5-6(9)3-1-2-4-6/h8-9H,1-5H2,(H2,7,10,11). The number of hydrogen-bond acceptors (Lipinski definition) is 3. The molecule has 0 aromatic carbocycles. The summed E-state index contributed by atoms with van der Waals surface area (Å²) in [7, 11) is -3.66. The van der Waals surface area contributed by atoms with E-state index in [-0.39, 0.29) is 6.54 Å². The maximum atomic E-state index is 10.5. The average Bonchev–Trinajstić information content (AvgIpc) is 2.32. The molecule has 1 aliphatic carbocycles. The monoisotopic (exact) mass is 194 g/mol. The third kappa shape index (κ3) is 3.06. The second-order valence-electron chi connectivity index (χ2n) is 3.30. The molecular formula is C6H14N2O3S. The third-order valence-corrected chi connectivity index (χ3v) is 2.68. The Kier molecular flexibility index (Phi) is 2.72. The van der Waals surface area contributed by atoms with Crippen LogP contribution in [0.1, 0.15) is 25.7 Å². The minimum Gasteiger partial charge on any atom is -0.389 e. The minimum absolute atomic E-state index is 0.0336. The molecule has 72 valence electrons. The predicted octanol–water partition coefficient (Wildman–Crippen LogP) is -0.915. The molecule has 0 bridgehead atoms. The normalized spacial score (nSPS) is 22.8. The van der Waals surface area contributed by atoms with Crippen molar-refractivity contribution in [2.24, 2.45) is 5.14 Å². The van der Waals surface area contributed by atoms with Crippen molar-refractivity contribution in [1.82, 2.24) is 4.72 Å². The second-order valence-corrected chi connectivity index (χ2v) is 4.68. The van der Waals surface area contributed by atoms with Gasteiger partial charge in [-0.1, -0.05) is 12.8 Å². The van der Waals surface area contributed by atoms with E-state index in [1.165, 1.54) is 0 Å². The van der Waals surface area contributed by atoms with Gasteiger partial charge < -0.3 is 5.11 Å². The van der Waals surface area contributed by atoms with Gasteiger partial charge in [-0.3, -0.25) is 0 Å². The first kappa shape index (κ1) is 9.91. The lowest BCUT2D eigenvalue weighted by atomic mass is 10.0. The van der Waals surface area contributed by atoms with E-state index in [1.54, 1.807) is 0 Å². The maximum Gasteiger partial charge on any atom is 0.274 e. The van der Waals surface area contributed by atoms with Gasteiger partial charge in [0.05, 0.1) is 5.60 Å². The molecule has 0 atom stereocenters. The smallest absolute Gasteiger partial charge is 0.274 e. The van der Waals surface area contributed by atoms with Crippen molar-refractivity contribution in [2.75, 3.05) is 6.54 Å². The molecule has 1 aliphatic rings. The van der Waals surface area contributed by atoms with Gasteiger partial charge in [-0.25, -0.2) is 5.14 Å². The van der Waals surface area contributed by atoms with Crippen LogP contribution in [0.15, 0.2) is 0 Å². The van der Waals surface area contributed by atoms with Crippen LogP contribution in [0, 0.1) is 0 Å². The zero-order chi connectivity index (χ0) is 9.24. The Bertz CT molecular complexity index is 244. The first-order valence-corrected chi connectivity index (χ1v) is 5.46. The fraction of sp³-hybridized carbons (Fsp3) is 1.00. The van der Waals surface area contributed by atoms with E-state index in [4.69, 9.17) is 5.14 Å². The van der Waals surface area contributed by atoms with E-state index in [9.17, 15) is 13.5 Å². The van der Waals surface area contributed by atoms with Crippen molar-refractivity contribution in [3.05, 3.63) is 0 Å². The van der Waals surface area contributed by atoms with Gasteiger partial charge in [0.2, 0.25) is 0 Å². The topological polar surface area (TPSA) is 92.4 Å². The van der Waals surface area contributed by atoms with Gasteiger partial charge in [0.1, 0.15) is 0 Å². The molecule has 0 amide bonds. The minimum atomic E-state index is -3.66. The Morgan fingerprint density at radius 2 is 1.92 bits per heavy atom. The van der Waals surface area contributed by atoms with E-state index in [0.29, 0.717) is 12.8 Å². The molecule has 0 spiro atoms. The van der Waals surface area contributed by atoms with Crippen LogP contribution >= 0.6 is 0 Å². The number of rotatable bonds is 3. The highest BCUT2D eigenvalue weighted by Crippen LogP contribution is 2.28. The molecule has 0 aliphatic heterocycles. The summed E-state index contributed by atoms with van der Waals surface area (Å²) in [6.45, 7) is 0.0336. The van der Waals surface area contributed by atoms with Gasteiger partial charge in [0.25, 0.3) is 10.2 Å². The molecule has 0 aromatic heterocycles. The lowest BCUT2D eigenvalue weighted by Crippen LogP contribution is -2.43. The van der Waals surface area contributed by atoms with E-state index >= 15 is 0 Å². The highest BCUT2D eigenvalue weighted by molar-refractivity contribution is 7.87. The number of nitrogens with two attached hydrogens (primary N) is 1. The van der Waals surface area contributed by atoms with Crippen molar-refractivity contribution in [1.29, 1.82) is 0 Å². The average molecular weight is 194 g/mol. The summed E-state index contributed by atoms with van der Waals surface area (Å²) < 4.78 is 23.1. The lowest BCUT2D eigenvalue weighted by Gasteiger charge is -2.21. The second kappa shape index (κ2) is 3.29. The first-order valence-electron chi connectivity index (χ1n) is 3.91. The maximum absolute atomic E-state index is 10.5. The van der Waals surface area contributed by atoms with Gasteiger partial charge >= 0.3 is 0 Å². The molecule has 6 heteroatoms. The fourth-order valence-electron chi connectivity index (χ4n) is 1.44. The van der Waals surface area contributed by atoms with E-state index < -0.39 is 15.8 Å². The number of aliphatic hydroxyl groups is 1. The van der Waals surface area contributed by atoms with Gasteiger partial charge in [0.15, 0.2) is 0 Å². The third-order valence-electron chi connectivity index (χ3n) is 2.14. The van der Waals surface area contributed by atoms with Crippen molar-refractivity contribution in [2.45, 2.75) is 31.3 Å². The van der Waals surface area contributed by atoms with Crippen LogP contribution in [0.5, 0.6) is 0 Å². The molecule has 0 saturated heterocycles. The summed E-state index contributed by atoms with van der Waals surface area (Å²) in [4.78, 5) is 0. The Morgan fingerprint density at radius 3 is 2.33 bits per heavy atom. The summed E-state index contributed by atoms with van der Waals surface area (Å²) in [5.74, 6) is 0. The van der Waals surface area contributed by atoms with Crippen LogP contribution in [0.25, 0.3) is 0 Å². The quantitative estimate of drug-likeness (QED) is 0.542. The fourth-order valence-corrected chi connectivity index (χ4v) is 1.91. The zero-order valence-electron chi connectivity index (χ0n) is 6.78. The molecule has 1 rings (SSSR count). The lowest BCUT2D eigenvalue weighted by molar-refractivity contribution is 0.0532. The SMILES string of the molecule is NS(=O)(=O)NCC1(O)CCCC1. The Balaban J connectivity index is 2.41. The molecule has 0 unspecified atom stereocenters. The highest BCUT2D eigenvalue weighted by Gasteiger charge is 2.31. The molecule has 1 fully saturated rings. The zero-order valence-corrected chi connectivity index (χ0v) is 7.60. The molecule has 4 N–H and O–H groups in total. The molecule has 0 aromatic rings. The largest absolute Gasteiger partial charge is 0.389 e. The van der Waals surface area contributed by atoms with Crippen LogP contribution in [0.4, 0.5) is 0 Å². The highest BCUT2D eigenvalue weighted by atomic mass is 32.2. The first-order chi connectivity index (χ1) is 5.41. The molecule has 0 radical (unpaired) electrons. The van der Waals surface area contributed by atoms with Crippen molar-refractivity contribution in [3.63, 3.8) is 0 Å². The van der Waals surface area contributed by atoms with Gasteiger partial charge in [-0.2, -0.15) is 13.1 Å². The number of hydrogen-bond donors (Lipinski definition) is 3. The predicted molar refractivity (Wildman–Crippen MR) is 44.5 cm³/mol. The number of nitrogens with one attached hydrogen (secondary N) is 1. The summed E-state index contributed by atoms with van der Waals surface area (Å²) in [6, 6.07) is 0. The van der Waals surface area contributed by atoms with Crippen LogP contribution in [0.2, 0.25) is 0 Å². The van der Waals surface area contributed by atoms with E-state index in [0.717, 1.165) is 12.8 Å². The van der Waals surface area contributed by atoms with Crippen LogP contribution in [-0.2, 0) is 10.2 Å². The van der Waals surface area contributed by atoms with Crippen LogP contribution in [0.3, 0.4) is 0 Å². The van der Waals surface area contributed by atoms with E-state index in [2.05, 4.69) is 4.72 Å². The molecule has 1 saturated carbocycles. The molecule has 12 heavy (non-hydrogen) atoms. The van der Waals surface area contributed by atoms with Crippen molar-refractivity contribution in [3.8, 4) is 0 Å². The summed E-state index contributed by atoms with van der Waals surface area (Å²) in [5.41, 5.74) is -0.869. The van der Waals surface area contributed by atoms with Gasteiger partial charge in [-0.15, -0.1) is 0 Å². The Labute approximate surface area is 72.1 Å². The van der Waals surface area contributed by atoms with Crippen molar-refractivity contribution >= 4 is 10.2 Å². The van der Waals surface area contributed by atoms with Crippen LogP contribution in [-0.4, -0.2) is 25.7 Å². The Morgan fingerprint density at radius 1 is 1.42 bits per heavy atom. The molecular weight excluding hydrogens is 180 g/mol. The summed E-state index contributed by atoms with van der Waals surface area (Å²) in [5, 5.41) is 14.4. The molecule has 5 nitrogen and oxygen atoms in total. The van der Waals surface area contributed by atoms with E-state index in [1.807, 2.05) is 0 Å².